The molecule has 0 heterocycles. The second-order valence-electron chi connectivity index (χ2n) is 5.48. The largest absolute Gasteiger partial charge is 0.432 e. The summed E-state index contributed by atoms with van der Waals surface area (Å²) in [4.78, 5) is 12.0. The van der Waals surface area contributed by atoms with Gasteiger partial charge in [-0.15, -0.1) is 0 Å². The van der Waals surface area contributed by atoms with Gasteiger partial charge in [-0.05, 0) is 17.5 Å². The Labute approximate surface area is 131 Å². The van der Waals surface area contributed by atoms with Crippen molar-refractivity contribution in [2.24, 2.45) is 11.1 Å². The molecule has 1 amide bonds. The third-order valence-electron chi connectivity index (χ3n) is 2.69. The Bertz CT molecular complexity index is 510. The van der Waals surface area contributed by atoms with Gasteiger partial charge in [-0.2, -0.15) is 8.78 Å². The molecule has 0 aliphatic heterocycles. The van der Waals surface area contributed by atoms with Gasteiger partial charge in [-0.25, -0.2) is 0 Å². The lowest BCUT2D eigenvalue weighted by Crippen LogP contribution is -2.45. The summed E-state index contributed by atoms with van der Waals surface area (Å²) in [5, 5.41) is 2.26. The molecule has 0 spiro atoms. The molecule has 0 saturated carbocycles. The first-order valence-corrected chi connectivity index (χ1v) is 6.78. The highest BCUT2D eigenvalue weighted by atomic mass is 35.5. The molecule has 0 saturated heterocycles. The average Bonchev–Trinajstić information content (AvgIpc) is 2.31. The van der Waals surface area contributed by atoms with Gasteiger partial charge in [-0.3, -0.25) is 4.79 Å². The summed E-state index contributed by atoms with van der Waals surface area (Å²) < 4.78 is 28.6. The average molecular weight is 341 g/mol. The van der Waals surface area contributed by atoms with Crippen LogP contribution in [0.1, 0.15) is 20.8 Å². The second kappa shape index (κ2) is 6.77. The minimum absolute atomic E-state index is 0.137. The summed E-state index contributed by atoms with van der Waals surface area (Å²) in [7, 11) is 0. The van der Waals surface area contributed by atoms with E-state index in [0.717, 1.165) is 0 Å². The molecule has 3 N–H and O–H groups in total. The van der Waals surface area contributed by atoms with Gasteiger partial charge in [0.25, 0.3) is 0 Å². The molecular formula is C13H16Cl2F2N2O2. The number of hydrogen-bond acceptors (Lipinski definition) is 3. The molecule has 0 aromatic heterocycles. The van der Waals surface area contributed by atoms with E-state index < -0.39 is 24.0 Å². The summed E-state index contributed by atoms with van der Waals surface area (Å²) in [6, 6.07) is 1.77. The molecule has 118 valence electrons. The highest BCUT2D eigenvalue weighted by Crippen LogP contribution is 2.37. The van der Waals surface area contributed by atoms with Crippen molar-refractivity contribution in [3.8, 4) is 5.75 Å². The van der Waals surface area contributed by atoms with Crippen LogP contribution in [0.3, 0.4) is 0 Å². The number of halogens is 4. The van der Waals surface area contributed by atoms with Gasteiger partial charge in [0, 0.05) is 5.69 Å². The smallest absolute Gasteiger partial charge is 0.387 e. The molecular weight excluding hydrogens is 325 g/mol. The van der Waals surface area contributed by atoms with E-state index in [2.05, 4.69) is 10.1 Å². The van der Waals surface area contributed by atoms with Crippen LogP contribution in [-0.4, -0.2) is 18.6 Å². The Balaban J connectivity index is 2.94. The molecule has 0 bridgehead atoms. The lowest BCUT2D eigenvalue weighted by atomic mass is 9.87. The number of anilines is 1. The van der Waals surface area contributed by atoms with Crippen molar-refractivity contribution in [3.63, 3.8) is 0 Å². The van der Waals surface area contributed by atoms with E-state index in [-0.39, 0.29) is 21.5 Å². The Morgan fingerprint density at radius 1 is 1.29 bits per heavy atom. The van der Waals surface area contributed by atoms with Crippen molar-refractivity contribution in [3.05, 3.63) is 22.2 Å². The number of carbonyl (C=O) groups is 1. The number of nitrogens with two attached hydrogens (primary N) is 1. The standard InChI is InChI=1S/C13H16Cl2F2N2O2/c1-13(2,3)10(18)11(20)19-6-4-7(14)9(8(15)5-6)21-12(16)17/h4-5,10,12H,18H2,1-3H3,(H,19,20). The molecule has 1 unspecified atom stereocenters. The topological polar surface area (TPSA) is 64.4 Å². The van der Waals surface area contributed by atoms with Gasteiger partial charge < -0.3 is 15.8 Å². The van der Waals surface area contributed by atoms with Crippen LogP contribution in [0.25, 0.3) is 0 Å². The molecule has 1 aromatic carbocycles. The third kappa shape index (κ3) is 4.98. The van der Waals surface area contributed by atoms with Gasteiger partial charge in [-0.1, -0.05) is 44.0 Å². The van der Waals surface area contributed by atoms with E-state index in [1.165, 1.54) is 12.1 Å². The highest BCUT2D eigenvalue weighted by molar-refractivity contribution is 6.37. The SMILES string of the molecule is CC(C)(C)C(N)C(=O)Nc1cc(Cl)c(OC(F)F)c(Cl)c1. The third-order valence-corrected chi connectivity index (χ3v) is 3.25. The highest BCUT2D eigenvalue weighted by Gasteiger charge is 2.27. The van der Waals surface area contributed by atoms with Crippen molar-refractivity contribution in [2.75, 3.05) is 5.32 Å². The van der Waals surface area contributed by atoms with E-state index >= 15 is 0 Å². The fourth-order valence-corrected chi connectivity index (χ4v) is 2.02. The minimum atomic E-state index is -3.05. The number of nitrogens with one attached hydrogen (secondary N) is 1. The van der Waals surface area contributed by atoms with Crippen molar-refractivity contribution >= 4 is 34.8 Å². The minimum Gasteiger partial charge on any atom is -0.432 e. The number of rotatable bonds is 4. The fourth-order valence-electron chi connectivity index (χ4n) is 1.45. The van der Waals surface area contributed by atoms with Crippen LogP contribution in [-0.2, 0) is 4.79 Å². The van der Waals surface area contributed by atoms with E-state index in [9.17, 15) is 13.6 Å². The second-order valence-corrected chi connectivity index (χ2v) is 6.29. The van der Waals surface area contributed by atoms with Crippen LogP contribution in [0.15, 0.2) is 12.1 Å². The zero-order valence-corrected chi connectivity index (χ0v) is 13.2. The number of hydrogen-bond donors (Lipinski definition) is 2. The molecule has 0 aliphatic rings. The Morgan fingerprint density at radius 2 is 1.76 bits per heavy atom. The molecule has 1 atom stereocenters. The first-order chi connectivity index (χ1) is 9.52. The van der Waals surface area contributed by atoms with E-state index in [1.54, 1.807) is 0 Å². The van der Waals surface area contributed by atoms with Gasteiger partial charge in [0.15, 0.2) is 5.75 Å². The Hall–Kier alpha value is -1.11. The van der Waals surface area contributed by atoms with E-state index in [0.29, 0.717) is 0 Å². The van der Waals surface area contributed by atoms with Crippen molar-refractivity contribution in [2.45, 2.75) is 33.4 Å². The maximum Gasteiger partial charge on any atom is 0.387 e. The molecule has 8 heteroatoms. The summed E-state index contributed by atoms with van der Waals surface area (Å²) in [6.07, 6.45) is 0. The molecule has 0 fully saturated rings. The summed E-state index contributed by atoms with van der Waals surface area (Å²) in [5.41, 5.74) is 5.62. The number of carbonyl (C=O) groups excluding carboxylic acids is 1. The molecule has 0 aliphatic carbocycles. The zero-order valence-electron chi connectivity index (χ0n) is 11.7. The molecule has 1 aromatic rings. The van der Waals surface area contributed by atoms with Gasteiger partial charge in [0.2, 0.25) is 5.91 Å². The lowest BCUT2D eigenvalue weighted by molar-refractivity contribution is -0.119. The lowest BCUT2D eigenvalue weighted by Gasteiger charge is -2.26. The van der Waals surface area contributed by atoms with E-state index in [1.807, 2.05) is 20.8 Å². The predicted octanol–water partition coefficient (Wildman–Crippen LogP) is 3.91. The Kier molecular flexibility index (Phi) is 5.78. The fraction of sp³-hybridized carbons (Fsp3) is 0.462. The van der Waals surface area contributed by atoms with Gasteiger partial charge in [0.05, 0.1) is 16.1 Å². The van der Waals surface area contributed by atoms with Crippen molar-refractivity contribution in [1.82, 2.24) is 0 Å². The summed E-state index contributed by atoms with van der Waals surface area (Å²) >= 11 is 11.6. The van der Waals surface area contributed by atoms with Crippen molar-refractivity contribution in [1.29, 1.82) is 0 Å². The molecule has 1 rings (SSSR count). The molecule has 4 nitrogen and oxygen atoms in total. The number of benzene rings is 1. The zero-order chi connectivity index (χ0) is 16.4. The van der Waals surface area contributed by atoms with Gasteiger partial charge in [0.1, 0.15) is 0 Å². The Morgan fingerprint density at radius 3 is 2.14 bits per heavy atom. The molecule has 0 radical (unpaired) electrons. The predicted molar refractivity (Wildman–Crippen MR) is 79.2 cm³/mol. The van der Waals surface area contributed by atoms with Crippen LogP contribution in [0.5, 0.6) is 5.75 Å². The maximum absolute atomic E-state index is 12.2. The van der Waals surface area contributed by atoms with E-state index in [4.69, 9.17) is 28.9 Å². The number of amides is 1. The normalized spacial score (nSPS) is 13.2. The summed E-state index contributed by atoms with van der Waals surface area (Å²) in [6.45, 7) is 2.40. The number of alkyl halides is 2. The van der Waals surface area contributed by atoms with Crippen molar-refractivity contribution < 1.29 is 18.3 Å². The maximum atomic E-state index is 12.2. The first kappa shape index (κ1) is 17.9. The first-order valence-electron chi connectivity index (χ1n) is 6.02. The number of ether oxygens (including phenoxy) is 1. The quantitative estimate of drug-likeness (QED) is 0.873. The van der Waals surface area contributed by atoms with Crippen LogP contribution < -0.4 is 15.8 Å². The van der Waals surface area contributed by atoms with Gasteiger partial charge >= 0.3 is 6.61 Å². The summed E-state index contributed by atoms with van der Waals surface area (Å²) in [5.74, 6) is -0.774. The van der Waals surface area contributed by atoms with Crippen LogP contribution >= 0.6 is 23.2 Å². The van der Waals surface area contributed by atoms with Crippen LogP contribution in [0.4, 0.5) is 14.5 Å². The van der Waals surface area contributed by atoms with Crippen LogP contribution in [0.2, 0.25) is 10.0 Å². The van der Waals surface area contributed by atoms with Crippen LogP contribution in [0, 0.1) is 5.41 Å². The molecule has 21 heavy (non-hydrogen) atoms. The monoisotopic (exact) mass is 340 g/mol.